The van der Waals surface area contributed by atoms with Crippen LogP contribution in [0.15, 0.2) is 48.5 Å². The van der Waals surface area contributed by atoms with Crippen LogP contribution in [-0.2, 0) is 19.2 Å². The maximum absolute atomic E-state index is 13.2. The summed E-state index contributed by atoms with van der Waals surface area (Å²) in [5.74, 6) is -1.93. The summed E-state index contributed by atoms with van der Waals surface area (Å²) >= 11 is 2.78. The monoisotopic (exact) mass is 634 g/mol. The lowest BCUT2D eigenvalue weighted by molar-refractivity contribution is -0.149. The minimum Gasteiger partial charge on any atom is -0.480 e. The molecule has 0 spiro atoms. The van der Waals surface area contributed by atoms with Crippen molar-refractivity contribution < 1.29 is 29.4 Å². The van der Waals surface area contributed by atoms with Crippen molar-refractivity contribution in [1.29, 1.82) is 10.5 Å². The standard InChI is InChI=1S/C32H34N4O6S2/c33-17-21-9-7-11-23(15-21)29-35(25(19-43-29)31(39)40)27(37)13-5-3-1-2-4-6-14-28(38)36-26(32(41)42)20-44-30(36)24-12-8-10-22(16-24)18-34/h7-12,15-16,25-26,29-30H,1-6,13-14,19-20H2,(H,39,40)(H,41,42)/t25-,26-,29?,30?/m0/s1. The first-order valence-corrected chi connectivity index (χ1v) is 16.7. The summed E-state index contributed by atoms with van der Waals surface area (Å²) in [5.41, 5.74) is 2.40. The van der Waals surface area contributed by atoms with Crippen LogP contribution in [0.5, 0.6) is 0 Å². The van der Waals surface area contributed by atoms with Crippen molar-refractivity contribution >= 4 is 47.3 Å². The van der Waals surface area contributed by atoms with Crippen molar-refractivity contribution in [1.82, 2.24) is 9.80 Å². The van der Waals surface area contributed by atoms with Gasteiger partial charge in [0.05, 0.1) is 23.3 Å². The van der Waals surface area contributed by atoms with E-state index in [-0.39, 0.29) is 36.2 Å². The van der Waals surface area contributed by atoms with Crippen molar-refractivity contribution in [2.24, 2.45) is 0 Å². The van der Waals surface area contributed by atoms with Crippen LogP contribution in [0.4, 0.5) is 0 Å². The van der Waals surface area contributed by atoms with Gasteiger partial charge in [0, 0.05) is 24.3 Å². The molecule has 2 aliphatic rings. The molecule has 0 aromatic heterocycles. The summed E-state index contributed by atoms with van der Waals surface area (Å²) in [6.45, 7) is 0. The first-order valence-electron chi connectivity index (χ1n) is 14.6. The Morgan fingerprint density at radius 2 is 1.07 bits per heavy atom. The highest BCUT2D eigenvalue weighted by molar-refractivity contribution is 8.00. The van der Waals surface area contributed by atoms with Crippen LogP contribution in [0.25, 0.3) is 0 Å². The van der Waals surface area contributed by atoms with E-state index in [4.69, 9.17) is 0 Å². The number of carbonyl (C=O) groups is 4. The van der Waals surface area contributed by atoms with E-state index in [9.17, 15) is 39.9 Å². The molecule has 2 heterocycles. The van der Waals surface area contributed by atoms with Crippen LogP contribution < -0.4 is 0 Å². The summed E-state index contributed by atoms with van der Waals surface area (Å²) in [6.07, 6.45) is 4.97. The molecule has 0 radical (unpaired) electrons. The number of amides is 2. The molecule has 10 nitrogen and oxygen atoms in total. The fourth-order valence-electron chi connectivity index (χ4n) is 5.56. The van der Waals surface area contributed by atoms with E-state index in [1.807, 2.05) is 12.1 Å². The predicted molar refractivity (Wildman–Crippen MR) is 166 cm³/mol. The molecule has 2 amide bonds. The Hall–Kier alpha value is -4.00. The van der Waals surface area contributed by atoms with Gasteiger partial charge in [-0.2, -0.15) is 10.5 Å². The van der Waals surface area contributed by atoms with E-state index in [0.717, 1.165) is 36.8 Å². The lowest BCUT2D eigenvalue weighted by Crippen LogP contribution is -2.42. The Morgan fingerprint density at radius 3 is 1.43 bits per heavy atom. The van der Waals surface area contributed by atoms with Gasteiger partial charge in [-0.25, -0.2) is 9.59 Å². The minimum atomic E-state index is -1.04. The van der Waals surface area contributed by atoms with E-state index in [1.54, 1.807) is 36.4 Å². The molecule has 230 valence electrons. The fraction of sp³-hybridized carbons (Fsp3) is 0.438. The average molecular weight is 635 g/mol. The van der Waals surface area contributed by atoms with E-state index in [0.29, 0.717) is 24.0 Å². The van der Waals surface area contributed by atoms with Crippen molar-refractivity contribution in [2.45, 2.75) is 74.2 Å². The number of carboxylic acid groups (broad SMARTS) is 2. The third kappa shape index (κ3) is 7.93. The average Bonchev–Trinajstić information content (AvgIpc) is 3.68. The molecule has 12 heteroatoms. The molecule has 2 aliphatic heterocycles. The van der Waals surface area contributed by atoms with Crippen molar-refractivity contribution in [3.8, 4) is 12.1 Å². The number of hydrogen-bond acceptors (Lipinski definition) is 8. The van der Waals surface area contributed by atoms with Gasteiger partial charge in [-0.05, 0) is 48.2 Å². The van der Waals surface area contributed by atoms with Gasteiger partial charge >= 0.3 is 11.9 Å². The highest BCUT2D eigenvalue weighted by Crippen LogP contribution is 2.43. The van der Waals surface area contributed by atoms with Crippen molar-refractivity contribution in [2.75, 3.05) is 11.5 Å². The summed E-state index contributed by atoms with van der Waals surface area (Å²) in [5, 5.41) is 37.0. The lowest BCUT2D eigenvalue weighted by Gasteiger charge is -2.28. The van der Waals surface area contributed by atoms with Crippen LogP contribution in [0.1, 0.15) is 84.4 Å². The third-order valence-corrected chi connectivity index (χ3v) is 10.4. The summed E-state index contributed by atoms with van der Waals surface area (Å²) in [7, 11) is 0. The van der Waals surface area contributed by atoms with Gasteiger partial charge in [-0.1, -0.05) is 49.9 Å². The van der Waals surface area contributed by atoms with Gasteiger partial charge in [0.15, 0.2) is 0 Å². The Bertz CT molecular complexity index is 1360. The molecule has 2 aromatic rings. The Labute approximate surface area is 265 Å². The number of rotatable bonds is 13. The zero-order chi connectivity index (χ0) is 31.6. The molecule has 0 saturated carbocycles. The smallest absolute Gasteiger partial charge is 0.327 e. The van der Waals surface area contributed by atoms with Gasteiger partial charge in [0.1, 0.15) is 22.8 Å². The maximum atomic E-state index is 13.2. The molecule has 0 aliphatic carbocycles. The second kappa shape index (κ2) is 15.6. The largest absolute Gasteiger partial charge is 0.480 e. The number of hydrogen-bond donors (Lipinski definition) is 2. The molecule has 2 saturated heterocycles. The topological polar surface area (TPSA) is 163 Å². The summed E-state index contributed by atoms with van der Waals surface area (Å²) in [4.78, 5) is 52.9. The number of carboxylic acids is 2. The SMILES string of the molecule is N#Cc1cccc(C2SC[C@@H](C(=O)O)N2C(=O)CCCCCCCCC(=O)N2C(c3cccc(C#N)c3)SC[C@H]2C(=O)O)c1. The van der Waals surface area contributed by atoms with Crippen LogP contribution in [-0.4, -0.2) is 67.4 Å². The Morgan fingerprint density at radius 1 is 0.682 bits per heavy atom. The number of unbranched alkanes of at least 4 members (excludes halogenated alkanes) is 5. The number of aliphatic carboxylic acids is 2. The first kappa shape index (κ1) is 32.9. The molecule has 4 rings (SSSR count). The lowest BCUT2D eigenvalue weighted by atomic mass is 10.1. The van der Waals surface area contributed by atoms with Gasteiger partial charge in [-0.15, -0.1) is 23.5 Å². The van der Waals surface area contributed by atoms with Gasteiger partial charge in [-0.3, -0.25) is 9.59 Å². The number of nitrogens with zero attached hydrogens (tertiary/aromatic N) is 4. The molecule has 0 bridgehead atoms. The fourth-order valence-corrected chi connectivity index (χ4v) is 8.42. The molecule has 2 unspecified atom stereocenters. The first-order chi connectivity index (χ1) is 21.2. The number of benzene rings is 2. The van der Waals surface area contributed by atoms with Crippen molar-refractivity contribution in [3.05, 3.63) is 70.8 Å². The van der Waals surface area contributed by atoms with Crippen LogP contribution in [0.2, 0.25) is 0 Å². The number of carbonyl (C=O) groups excluding carboxylic acids is 2. The normalized spacial score (nSPS) is 21.0. The van der Waals surface area contributed by atoms with Crippen LogP contribution >= 0.6 is 23.5 Å². The summed E-state index contributed by atoms with van der Waals surface area (Å²) < 4.78 is 0. The highest BCUT2D eigenvalue weighted by Gasteiger charge is 2.43. The molecule has 2 fully saturated rings. The number of thioether (sulfide) groups is 2. The van der Waals surface area contributed by atoms with Gasteiger partial charge in [0.2, 0.25) is 11.8 Å². The van der Waals surface area contributed by atoms with Crippen LogP contribution in [0.3, 0.4) is 0 Å². The molecule has 2 aromatic carbocycles. The molecule has 44 heavy (non-hydrogen) atoms. The van der Waals surface area contributed by atoms with E-state index >= 15 is 0 Å². The summed E-state index contributed by atoms with van der Waals surface area (Å²) in [6, 6.07) is 16.2. The highest BCUT2D eigenvalue weighted by atomic mass is 32.2. The van der Waals surface area contributed by atoms with E-state index in [1.165, 1.54) is 33.3 Å². The molecule has 4 atom stereocenters. The maximum Gasteiger partial charge on any atom is 0.327 e. The quantitative estimate of drug-likeness (QED) is 0.276. The number of nitriles is 2. The Balaban J connectivity index is 1.22. The van der Waals surface area contributed by atoms with Gasteiger partial charge < -0.3 is 20.0 Å². The van der Waals surface area contributed by atoms with E-state index in [2.05, 4.69) is 12.1 Å². The molecule has 2 N–H and O–H groups in total. The predicted octanol–water partition coefficient (Wildman–Crippen LogP) is 5.31. The van der Waals surface area contributed by atoms with Crippen molar-refractivity contribution in [3.63, 3.8) is 0 Å². The van der Waals surface area contributed by atoms with Crippen LogP contribution in [0, 0.1) is 22.7 Å². The second-order valence-electron chi connectivity index (χ2n) is 10.8. The zero-order valence-corrected chi connectivity index (χ0v) is 25.8. The minimum absolute atomic E-state index is 0.216. The zero-order valence-electron chi connectivity index (χ0n) is 24.1. The molecular formula is C32H34N4O6S2. The third-order valence-electron chi connectivity index (χ3n) is 7.78. The second-order valence-corrected chi connectivity index (χ2v) is 13.0. The molecular weight excluding hydrogens is 601 g/mol. The van der Waals surface area contributed by atoms with E-state index < -0.39 is 34.8 Å². The van der Waals surface area contributed by atoms with Gasteiger partial charge in [0.25, 0.3) is 0 Å². The Kier molecular flexibility index (Phi) is 11.7.